The first-order valence-corrected chi connectivity index (χ1v) is 5.99. The fourth-order valence-electron chi connectivity index (χ4n) is 1.65. The second-order valence-electron chi connectivity index (χ2n) is 3.95. The fraction of sp³-hybridized carbons (Fsp3) is 0.143. The van der Waals surface area contributed by atoms with Crippen LogP contribution in [0.5, 0.6) is 5.75 Å². The molecule has 100 valence electrons. The normalized spacial score (nSPS) is 10.3. The second-order valence-corrected chi connectivity index (χ2v) is 4.35. The molecule has 2 aromatic carbocycles. The van der Waals surface area contributed by atoms with Crippen molar-refractivity contribution in [2.45, 2.75) is 6.54 Å². The molecule has 0 aliphatic heterocycles. The van der Waals surface area contributed by atoms with Crippen molar-refractivity contribution >= 4 is 17.3 Å². The summed E-state index contributed by atoms with van der Waals surface area (Å²) in [5.41, 5.74) is 1.18. The van der Waals surface area contributed by atoms with Crippen molar-refractivity contribution in [3.8, 4) is 5.75 Å². The summed E-state index contributed by atoms with van der Waals surface area (Å²) in [5, 5.41) is 3.37. The van der Waals surface area contributed by atoms with Gasteiger partial charge in [0.1, 0.15) is 5.82 Å². The van der Waals surface area contributed by atoms with Gasteiger partial charge in [0.05, 0.1) is 17.8 Å². The predicted molar refractivity (Wildman–Crippen MR) is 71.7 cm³/mol. The molecule has 2 rings (SSSR count). The molecule has 5 heteroatoms. The Balaban J connectivity index is 2.10. The number of nitrogens with one attached hydrogen (secondary N) is 1. The van der Waals surface area contributed by atoms with E-state index in [9.17, 15) is 8.78 Å². The SMILES string of the molecule is COc1ccc(CNc2cc(F)ccc2Cl)cc1F. The van der Waals surface area contributed by atoms with Gasteiger partial charge >= 0.3 is 0 Å². The molecule has 0 unspecified atom stereocenters. The van der Waals surface area contributed by atoms with Gasteiger partial charge in [-0.05, 0) is 35.9 Å². The van der Waals surface area contributed by atoms with Crippen molar-refractivity contribution < 1.29 is 13.5 Å². The van der Waals surface area contributed by atoms with E-state index in [4.69, 9.17) is 16.3 Å². The molecule has 0 heterocycles. The smallest absolute Gasteiger partial charge is 0.165 e. The summed E-state index contributed by atoms with van der Waals surface area (Å²) in [6.07, 6.45) is 0. The molecule has 0 aliphatic carbocycles. The van der Waals surface area contributed by atoms with Crippen molar-refractivity contribution in [2.75, 3.05) is 12.4 Å². The van der Waals surface area contributed by atoms with Crippen LogP contribution in [-0.4, -0.2) is 7.11 Å². The minimum atomic E-state index is -0.438. The monoisotopic (exact) mass is 283 g/mol. The third kappa shape index (κ3) is 3.35. The van der Waals surface area contributed by atoms with Crippen LogP contribution in [0, 0.1) is 11.6 Å². The molecule has 0 aliphatic rings. The Morgan fingerprint density at radius 2 is 1.95 bits per heavy atom. The number of methoxy groups -OCH3 is 1. The van der Waals surface area contributed by atoms with E-state index >= 15 is 0 Å². The van der Waals surface area contributed by atoms with Gasteiger partial charge in [-0.15, -0.1) is 0 Å². The Hall–Kier alpha value is -1.81. The van der Waals surface area contributed by atoms with Gasteiger partial charge in [-0.25, -0.2) is 8.78 Å². The molecule has 0 amide bonds. The van der Waals surface area contributed by atoms with Gasteiger partial charge in [0.25, 0.3) is 0 Å². The molecule has 19 heavy (non-hydrogen) atoms. The van der Waals surface area contributed by atoms with Gasteiger partial charge in [-0.3, -0.25) is 0 Å². The Morgan fingerprint density at radius 1 is 1.16 bits per heavy atom. The third-order valence-electron chi connectivity index (χ3n) is 2.63. The molecule has 0 saturated heterocycles. The molecule has 0 aromatic heterocycles. The van der Waals surface area contributed by atoms with E-state index in [1.165, 1.54) is 31.4 Å². The number of ether oxygens (including phenoxy) is 1. The van der Waals surface area contributed by atoms with Crippen molar-refractivity contribution in [2.24, 2.45) is 0 Å². The van der Waals surface area contributed by atoms with Gasteiger partial charge < -0.3 is 10.1 Å². The number of anilines is 1. The molecule has 0 bridgehead atoms. The molecule has 0 spiro atoms. The Bertz CT molecular complexity index is 590. The molecule has 0 atom stereocenters. The first-order chi connectivity index (χ1) is 9.10. The third-order valence-corrected chi connectivity index (χ3v) is 2.96. The van der Waals surface area contributed by atoms with Gasteiger partial charge in [0, 0.05) is 6.54 Å². The van der Waals surface area contributed by atoms with Gasteiger partial charge in [-0.1, -0.05) is 17.7 Å². The average Bonchev–Trinajstić information content (AvgIpc) is 2.40. The van der Waals surface area contributed by atoms with E-state index in [1.54, 1.807) is 12.1 Å². The molecule has 0 saturated carbocycles. The van der Waals surface area contributed by atoms with Crippen LogP contribution in [-0.2, 0) is 6.54 Å². The van der Waals surface area contributed by atoms with Gasteiger partial charge in [0.15, 0.2) is 11.6 Å². The highest BCUT2D eigenvalue weighted by atomic mass is 35.5. The second kappa shape index (κ2) is 5.89. The van der Waals surface area contributed by atoms with Crippen LogP contribution in [0.4, 0.5) is 14.5 Å². The maximum atomic E-state index is 13.5. The zero-order valence-electron chi connectivity index (χ0n) is 10.2. The number of hydrogen-bond acceptors (Lipinski definition) is 2. The predicted octanol–water partition coefficient (Wildman–Crippen LogP) is 4.24. The lowest BCUT2D eigenvalue weighted by molar-refractivity contribution is 0.386. The van der Waals surface area contributed by atoms with Crippen LogP contribution in [0.1, 0.15) is 5.56 Å². The summed E-state index contributed by atoms with van der Waals surface area (Å²) in [4.78, 5) is 0. The highest BCUT2D eigenvalue weighted by Gasteiger charge is 2.05. The number of benzene rings is 2. The first-order valence-electron chi connectivity index (χ1n) is 5.61. The minimum Gasteiger partial charge on any atom is -0.494 e. The first kappa shape index (κ1) is 13.6. The maximum absolute atomic E-state index is 13.5. The van der Waals surface area contributed by atoms with E-state index in [0.29, 0.717) is 22.8 Å². The van der Waals surface area contributed by atoms with Gasteiger partial charge in [-0.2, -0.15) is 0 Å². The largest absolute Gasteiger partial charge is 0.494 e. The van der Waals surface area contributed by atoms with Gasteiger partial charge in [0.2, 0.25) is 0 Å². The standard InChI is InChI=1S/C14H12ClF2NO/c1-19-14-5-2-9(6-12(14)17)8-18-13-7-10(16)3-4-11(13)15/h2-7,18H,8H2,1H3. The molecule has 0 radical (unpaired) electrons. The van der Waals surface area contributed by atoms with Crippen molar-refractivity contribution in [3.05, 3.63) is 58.6 Å². The van der Waals surface area contributed by atoms with E-state index < -0.39 is 5.82 Å². The molecular formula is C14H12ClF2NO. The molecular weight excluding hydrogens is 272 g/mol. The van der Waals surface area contributed by atoms with Crippen LogP contribution in [0.3, 0.4) is 0 Å². The lowest BCUT2D eigenvalue weighted by Crippen LogP contribution is -2.01. The Morgan fingerprint density at radius 3 is 2.63 bits per heavy atom. The van der Waals surface area contributed by atoms with Crippen LogP contribution in [0.15, 0.2) is 36.4 Å². The van der Waals surface area contributed by atoms with Crippen molar-refractivity contribution in [1.82, 2.24) is 0 Å². The summed E-state index contributed by atoms with van der Waals surface area (Å²) in [6, 6.07) is 8.66. The maximum Gasteiger partial charge on any atom is 0.165 e. The molecule has 2 nitrogen and oxygen atoms in total. The Kier molecular flexibility index (Phi) is 4.22. The minimum absolute atomic E-state index is 0.188. The molecule has 0 fully saturated rings. The summed E-state index contributed by atoms with van der Waals surface area (Å²) in [7, 11) is 1.41. The van der Waals surface area contributed by atoms with Crippen molar-refractivity contribution in [1.29, 1.82) is 0 Å². The number of hydrogen-bond donors (Lipinski definition) is 1. The highest BCUT2D eigenvalue weighted by molar-refractivity contribution is 6.33. The van der Waals surface area contributed by atoms with E-state index in [-0.39, 0.29) is 11.6 Å². The van der Waals surface area contributed by atoms with Crippen LogP contribution in [0.2, 0.25) is 5.02 Å². The summed E-state index contributed by atoms with van der Waals surface area (Å²) in [5.74, 6) is -0.632. The van der Waals surface area contributed by atoms with E-state index in [0.717, 1.165) is 0 Å². The van der Waals surface area contributed by atoms with E-state index in [1.807, 2.05) is 0 Å². The van der Waals surface area contributed by atoms with E-state index in [2.05, 4.69) is 5.32 Å². The van der Waals surface area contributed by atoms with Crippen LogP contribution < -0.4 is 10.1 Å². The number of halogens is 3. The van der Waals surface area contributed by atoms with Crippen LogP contribution in [0.25, 0.3) is 0 Å². The van der Waals surface area contributed by atoms with Crippen LogP contribution >= 0.6 is 11.6 Å². The summed E-state index contributed by atoms with van der Waals surface area (Å²) >= 11 is 5.92. The average molecular weight is 284 g/mol. The topological polar surface area (TPSA) is 21.3 Å². The lowest BCUT2D eigenvalue weighted by atomic mass is 10.2. The fourth-order valence-corrected chi connectivity index (χ4v) is 1.83. The highest BCUT2D eigenvalue weighted by Crippen LogP contribution is 2.24. The Labute approximate surface area is 115 Å². The molecule has 2 aromatic rings. The molecule has 1 N–H and O–H groups in total. The quantitative estimate of drug-likeness (QED) is 0.906. The zero-order valence-corrected chi connectivity index (χ0v) is 11.0. The summed E-state index contributed by atoms with van der Waals surface area (Å²) in [6.45, 7) is 0.337. The lowest BCUT2D eigenvalue weighted by Gasteiger charge is -2.09. The van der Waals surface area contributed by atoms with Crippen molar-refractivity contribution in [3.63, 3.8) is 0 Å². The summed E-state index contributed by atoms with van der Waals surface area (Å²) < 4.78 is 31.4. The number of rotatable bonds is 4. The zero-order chi connectivity index (χ0) is 13.8.